The molecule has 18 heavy (non-hydrogen) atoms. The van der Waals surface area contributed by atoms with E-state index in [0.29, 0.717) is 11.3 Å². The number of nitrogens with one attached hydrogen (secondary N) is 1. The van der Waals surface area contributed by atoms with Gasteiger partial charge in [0.15, 0.2) is 12.4 Å². The maximum absolute atomic E-state index is 11.4. The van der Waals surface area contributed by atoms with Crippen molar-refractivity contribution >= 4 is 27.6 Å². The van der Waals surface area contributed by atoms with Gasteiger partial charge in [-0.3, -0.25) is 9.59 Å². The first kappa shape index (κ1) is 14.2. The molecule has 0 aromatic heterocycles. The minimum Gasteiger partial charge on any atom is -0.483 e. The van der Waals surface area contributed by atoms with E-state index in [1.165, 1.54) is 6.92 Å². The quantitative estimate of drug-likeness (QED) is 0.662. The highest BCUT2D eigenvalue weighted by Gasteiger charge is 2.10. The van der Waals surface area contributed by atoms with E-state index >= 15 is 0 Å². The Bertz CT molecular complexity index is 509. The molecular formula is C12H11BrN2O3. The Balaban J connectivity index is 2.70. The Hall–Kier alpha value is -1.87. The minimum absolute atomic E-state index is 0.0674. The third-order valence-electron chi connectivity index (χ3n) is 2.04. The second kappa shape index (κ2) is 6.77. The SMILES string of the molecule is CC(=O)c1cc(Br)ccc1OCC(=O)NCC#N. The Kier molecular flexibility index (Phi) is 5.33. The van der Waals surface area contributed by atoms with Crippen LogP contribution in [0.4, 0.5) is 0 Å². The van der Waals surface area contributed by atoms with Crippen LogP contribution in [0, 0.1) is 11.3 Å². The number of rotatable bonds is 5. The first-order chi connectivity index (χ1) is 8.54. The highest BCUT2D eigenvalue weighted by atomic mass is 79.9. The van der Waals surface area contributed by atoms with Crippen LogP contribution in [-0.2, 0) is 4.79 Å². The van der Waals surface area contributed by atoms with Crippen LogP contribution in [0.3, 0.4) is 0 Å². The average Bonchev–Trinajstić information content (AvgIpc) is 2.34. The first-order valence-electron chi connectivity index (χ1n) is 5.11. The molecule has 1 amide bonds. The lowest BCUT2D eigenvalue weighted by Gasteiger charge is -2.09. The van der Waals surface area contributed by atoms with Crippen molar-refractivity contribution in [3.63, 3.8) is 0 Å². The summed E-state index contributed by atoms with van der Waals surface area (Å²) in [4.78, 5) is 22.6. The van der Waals surface area contributed by atoms with Crippen molar-refractivity contribution in [2.24, 2.45) is 0 Å². The number of nitrogens with zero attached hydrogens (tertiary/aromatic N) is 1. The smallest absolute Gasteiger partial charge is 0.258 e. The molecule has 0 aliphatic rings. The Morgan fingerprint density at radius 1 is 1.50 bits per heavy atom. The summed E-state index contributed by atoms with van der Waals surface area (Å²) in [5.74, 6) is -0.212. The largest absolute Gasteiger partial charge is 0.483 e. The summed E-state index contributed by atoms with van der Waals surface area (Å²) in [7, 11) is 0. The summed E-state index contributed by atoms with van der Waals surface area (Å²) in [6.45, 7) is 1.12. The monoisotopic (exact) mass is 310 g/mol. The number of halogens is 1. The van der Waals surface area contributed by atoms with Crippen LogP contribution in [0.1, 0.15) is 17.3 Å². The number of ether oxygens (including phenoxy) is 1. The number of benzene rings is 1. The zero-order valence-electron chi connectivity index (χ0n) is 9.70. The third kappa shape index (κ3) is 4.18. The van der Waals surface area contributed by atoms with Crippen molar-refractivity contribution in [2.45, 2.75) is 6.92 Å². The van der Waals surface area contributed by atoms with Gasteiger partial charge in [0.1, 0.15) is 12.3 Å². The maximum Gasteiger partial charge on any atom is 0.258 e. The van der Waals surface area contributed by atoms with Crippen molar-refractivity contribution in [1.29, 1.82) is 5.26 Å². The molecule has 1 rings (SSSR count). The van der Waals surface area contributed by atoms with Gasteiger partial charge in [-0.15, -0.1) is 0 Å². The molecule has 0 bridgehead atoms. The molecule has 0 atom stereocenters. The summed E-state index contributed by atoms with van der Waals surface area (Å²) in [6, 6.07) is 6.74. The Morgan fingerprint density at radius 2 is 2.22 bits per heavy atom. The molecule has 0 unspecified atom stereocenters. The number of hydrogen-bond donors (Lipinski definition) is 1. The summed E-state index contributed by atoms with van der Waals surface area (Å²) in [6.07, 6.45) is 0. The van der Waals surface area contributed by atoms with E-state index in [1.807, 2.05) is 0 Å². The number of nitriles is 1. The summed E-state index contributed by atoms with van der Waals surface area (Å²) >= 11 is 3.26. The fourth-order valence-electron chi connectivity index (χ4n) is 1.24. The lowest BCUT2D eigenvalue weighted by Crippen LogP contribution is -2.29. The Morgan fingerprint density at radius 3 is 2.83 bits per heavy atom. The molecule has 5 nitrogen and oxygen atoms in total. The van der Waals surface area contributed by atoms with E-state index in [2.05, 4.69) is 21.2 Å². The Labute approximate surface area is 113 Å². The number of hydrogen-bond acceptors (Lipinski definition) is 4. The number of carbonyl (C=O) groups excluding carboxylic acids is 2. The zero-order valence-corrected chi connectivity index (χ0v) is 11.3. The highest BCUT2D eigenvalue weighted by molar-refractivity contribution is 9.10. The molecular weight excluding hydrogens is 300 g/mol. The van der Waals surface area contributed by atoms with Crippen LogP contribution < -0.4 is 10.1 Å². The van der Waals surface area contributed by atoms with Crippen LogP contribution in [0.5, 0.6) is 5.75 Å². The summed E-state index contributed by atoms with van der Waals surface area (Å²) in [5.41, 5.74) is 0.400. The molecule has 0 saturated carbocycles. The van der Waals surface area contributed by atoms with Gasteiger partial charge < -0.3 is 10.1 Å². The minimum atomic E-state index is -0.408. The van der Waals surface area contributed by atoms with Gasteiger partial charge in [-0.1, -0.05) is 15.9 Å². The molecule has 0 aliphatic heterocycles. The van der Waals surface area contributed by atoms with Crippen LogP contribution >= 0.6 is 15.9 Å². The first-order valence-corrected chi connectivity index (χ1v) is 5.91. The summed E-state index contributed by atoms with van der Waals surface area (Å²) < 4.78 is 6.01. The lowest BCUT2D eigenvalue weighted by molar-refractivity contribution is -0.122. The van der Waals surface area contributed by atoms with Gasteiger partial charge in [0.2, 0.25) is 0 Å². The lowest BCUT2D eigenvalue weighted by atomic mass is 10.1. The van der Waals surface area contributed by atoms with E-state index in [1.54, 1.807) is 24.3 Å². The molecule has 0 aliphatic carbocycles. The number of amides is 1. The molecule has 0 spiro atoms. The van der Waals surface area contributed by atoms with E-state index in [0.717, 1.165) is 4.47 Å². The molecule has 1 aromatic rings. The van der Waals surface area contributed by atoms with Gasteiger partial charge >= 0.3 is 0 Å². The van der Waals surface area contributed by atoms with Crippen LogP contribution in [0.25, 0.3) is 0 Å². The number of Topliss-reactive ketones (excluding diaryl/α,β-unsaturated/α-hetero) is 1. The van der Waals surface area contributed by atoms with Crippen LogP contribution in [0.15, 0.2) is 22.7 Å². The van der Waals surface area contributed by atoms with Crippen LogP contribution in [0.2, 0.25) is 0 Å². The highest BCUT2D eigenvalue weighted by Crippen LogP contribution is 2.23. The topological polar surface area (TPSA) is 79.2 Å². The van der Waals surface area contributed by atoms with Crippen molar-refractivity contribution < 1.29 is 14.3 Å². The third-order valence-corrected chi connectivity index (χ3v) is 2.54. The van der Waals surface area contributed by atoms with Crippen molar-refractivity contribution in [1.82, 2.24) is 5.32 Å². The standard InChI is InChI=1S/C12H11BrN2O3/c1-8(16)10-6-9(13)2-3-11(10)18-7-12(17)15-5-4-14/h2-3,6H,5,7H2,1H3,(H,15,17). The molecule has 0 heterocycles. The van der Waals surface area contributed by atoms with Crippen LogP contribution in [-0.4, -0.2) is 24.8 Å². The fraction of sp³-hybridized carbons (Fsp3) is 0.250. The van der Waals surface area contributed by atoms with Gasteiger partial charge in [-0.2, -0.15) is 5.26 Å². The molecule has 6 heteroatoms. The van der Waals surface area contributed by atoms with Gasteiger partial charge in [0, 0.05) is 4.47 Å². The van der Waals surface area contributed by atoms with Gasteiger partial charge in [0.25, 0.3) is 5.91 Å². The number of carbonyl (C=O) groups is 2. The van der Waals surface area contributed by atoms with E-state index < -0.39 is 5.91 Å². The van der Waals surface area contributed by atoms with Gasteiger partial charge in [-0.25, -0.2) is 0 Å². The molecule has 0 fully saturated rings. The second-order valence-corrected chi connectivity index (χ2v) is 4.34. The second-order valence-electron chi connectivity index (χ2n) is 3.42. The predicted molar refractivity (Wildman–Crippen MR) is 68.3 cm³/mol. The molecule has 0 radical (unpaired) electrons. The van der Waals surface area contributed by atoms with Gasteiger partial charge in [0.05, 0.1) is 11.6 Å². The van der Waals surface area contributed by atoms with Gasteiger partial charge in [-0.05, 0) is 25.1 Å². The van der Waals surface area contributed by atoms with Crippen molar-refractivity contribution in [3.05, 3.63) is 28.2 Å². The summed E-state index contributed by atoms with van der Waals surface area (Å²) in [5, 5.41) is 10.6. The normalized spacial score (nSPS) is 9.39. The maximum atomic E-state index is 11.4. The van der Waals surface area contributed by atoms with Crippen molar-refractivity contribution in [3.8, 4) is 11.8 Å². The van der Waals surface area contributed by atoms with E-state index in [9.17, 15) is 9.59 Å². The predicted octanol–water partition coefficient (Wildman–Crippen LogP) is 1.67. The number of ketones is 1. The zero-order chi connectivity index (χ0) is 13.5. The molecule has 94 valence electrons. The fourth-order valence-corrected chi connectivity index (χ4v) is 1.60. The molecule has 0 saturated heterocycles. The average molecular weight is 311 g/mol. The van der Waals surface area contributed by atoms with E-state index in [4.69, 9.17) is 10.00 Å². The van der Waals surface area contributed by atoms with Crippen molar-refractivity contribution in [2.75, 3.05) is 13.2 Å². The molecule has 1 aromatic carbocycles. The molecule has 1 N–H and O–H groups in total. The van der Waals surface area contributed by atoms with E-state index in [-0.39, 0.29) is 18.9 Å².